The van der Waals surface area contributed by atoms with Gasteiger partial charge in [0.1, 0.15) is 12.4 Å². The number of nitrogens with zero attached hydrogens (tertiary/aromatic N) is 4. The molecule has 7 heteroatoms. The van der Waals surface area contributed by atoms with Gasteiger partial charge in [-0.25, -0.2) is 9.97 Å². The highest BCUT2D eigenvalue weighted by atomic mass is 32.1. The van der Waals surface area contributed by atoms with Gasteiger partial charge in [0.2, 0.25) is 0 Å². The Bertz CT molecular complexity index is 696. The largest absolute Gasteiger partial charge is 0.381 e. The topological polar surface area (TPSA) is 50.7 Å². The molecule has 0 bridgehead atoms. The second-order valence-corrected chi connectivity index (χ2v) is 7.94. The van der Waals surface area contributed by atoms with Gasteiger partial charge in [0.05, 0.1) is 12.3 Å². The number of rotatable bonds is 6. The van der Waals surface area contributed by atoms with Crippen molar-refractivity contribution in [2.45, 2.75) is 25.5 Å². The van der Waals surface area contributed by atoms with Crippen LogP contribution in [0.3, 0.4) is 0 Å². The zero-order chi connectivity index (χ0) is 17.8. The van der Waals surface area contributed by atoms with Crippen LogP contribution in [0.1, 0.15) is 28.7 Å². The van der Waals surface area contributed by atoms with Crippen molar-refractivity contribution >= 4 is 17.2 Å². The molecule has 0 radical (unpaired) electrons. The highest BCUT2D eigenvalue weighted by Gasteiger charge is 2.24. The summed E-state index contributed by atoms with van der Waals surface area (Å²) >= 11 is 1.84. The van der Waals surface area contributed by atoms with E-state index in [-0.39, 0.29) is 0 Å². The van der Waals surface area contributed by atoms with Gasteiger partial charge in [-0.05, 0) is 17.9 Å². The van der Waals surface area contributed by atoms with Gasteiger partial charge in [-0.1, -0.05) is 6.07 Å². The van der Waals surface area contributed by atoms with Gasteiger partial charge in [-0.3, -0.25) is 4.90 Å². The van der Waals surface area contributed by atoms with Crippen LogP contribution >= 0.6 is 11.3 Å². The fraction of sp³-hybridized carbons (Fsp3) is 0.579. The smallest absolute Gasteiger partial charge is 0.156 e. The molecule has 0 N–H and O–H groups in total. The molecule has 0 amide bonds. The number of ether oxygens (including phenoxy) is 2. The number of hydrogen-bond acceptors (Lipinski definition) is 7. The molecule has 6 nitrogen and oxygen atoms in total. The van der Waals surface area contributed by atoms with E-state index in [1.54, 1.807) is 7.11 Å². The van der Waals surface area contributed by atoms with Crippen molar-refractivity contribution in [2.24, 2.45) is 0 Å². The third kappa shape index (κ3) is 4.23. The third-order valence-electron chi connectivity index (χ3n) is 5.06. The Balaban J connectivity index is 1.44. The molecule has 1 unspecified atom stereocenters. The zero-order valence-electron chi connectivity index (χ0n) is 15.3. The molecule has 2 aromatic heterocycles. The van der Waals surface area contributed by atoms with Crippen LogP contribution in [0.15, 0.2) is 23.6 Å². The van der Waals surface area contributed by atoms with Crippen molar-refractivity contribution in [1.82, 2.24) is 14.9 Å². The average molecular weight is 375 g/mol. The number of aromatic nitrogens is 2. The third-order valence-corrected chi connectivity index (χ3v) is 5.92. The summed E-state index contributed by atoms with van der Waals surface area (Å²) in [7, 11) is 1.69. The number of piperazine rings is 1. The first-order valence-corrected chi connectivity index (χ1v) is 10.1. The van der Waals surface area contributed by atoms with Crippen molar-refractivity contribution in [3.63, 3.8) is 0 Å². The first-order valence-electron chi connectivity index (χ1n) is 9.26. The molecule has 1 atom stereocenters. The SMILES string of the molecule is COCc1nc(C2CCOC2)cc(N2CCN(Cc3cccs3)CC2)n1. The molecule has 26 heavy (non-hydrogen) atoms. The normalized spacial score (nSPS) is 21.4. The summed E-state index contributed by atoms with van der Waals surface area (Å²) in [4.78, 5) is 15.8. The van der Waals surface area contributed by atoms with E-state index >= 15 is 0 Å². The minimum atomic E-state index is 0.382. The van der Waals surface area contributed by atoms with Crippen LogP contribution in [0.2, 0.25) is 0 Å². The van der Waals surface area contributed by atoms with Crippen LogP contribution in [0, 0.1) is 0 Å². The summed E-state index contributed by atoms with van der Waals surface area (Å²) < 4.78 is 10.8. The fourth-order valence-electron chi connectivity index (χ4n) is 3.59. The van der Waals surface area contributed by atoms with E-state index in [1.807, 2.05) is 11.3 Å². The summed E-state index contributed by atoms with van der Waals surface area (Å²) in [6.45, 7) is 7.20. The van der Waals surface area contributed by atoms with Crippen LogP contribution in [0.4, 0.5) is 5.82 Å². The summed E-state index contributed by atoms with van der Waals surface area (Å²) in [6, 6.07) is 6.50. The predicted molar refractivity (Wildman–Crippen MR) is 103 cm³/mol. The first-order chi connectivity index (χ1) is 12.8. The van der Waals surface area contributed by atoms with Gasteiger partial charge in [-0.2, -0.15) is 0 Å². The van der Waals surface area contributed by atoms with Crippen molar-refractivity contribution in [2.75, 3.05) is 51.4 Å². The summed E-state index contributed by atoms with van der Waals surface area (Å²) in [6.07, 6.45) is 1.04. The molecule has 0 spiro atoms. The van der Waals surface area contributed by atoms with Crippen LogP contribution in [-0.4, -0.2) is 61.4 Å². The van der Waals surface area contributed by atoms with Gasteiger partial charge in [-0.15, -0.1) is 11.3 Å². The van der Waals surface area contributed by atoms with E-state index in [4.69, 9.17) is 19.4 Å². The molecular formula is C19H26N4O2S. The van der Waals surface area contributed by atoms with Crippen LogP contribution in [0.5, 0.6) is 0 Å². The van der Waals surface area contributed by atoms with Crippen molar-refractivity contribution in [1.29, 1.82) is 0 Å². The summed E-state index contributed by atoms with van der Waals surface area (Å²) in [5.74, 6) is 2.19. The maximum Gasteiger partial charge on any atom is 0.156 e. The highest BCUT2D eigenvalue weighted by Crippen LogP contribution is 2.27. The molecule has 2 aliphatic heterocycles. The fourth-order valence-corrected chi connectivity index (χ4v) is 4.34. The van der Waals surface area contributed by atoms with Crippen LogP contribution < -0.4 is 4.90 Å². The quantitative estimate of drug-likeness (QED) is 0.774. The Morgan fingerprint density at radius 2 is 2.15 bits per heavy atom. The summed E-state index contributed by atoms with van der Waals surface area (Å²) in [5, 5.41) is 2.15. The Morgan fingerprint density at radius 1 is 1.27 bits per heavy atom. The monoisotopic (exact) mass is 374 g/mol. The first kappa shape index (κ1) is 17.9. The van der Waals surface area contributed by atoms with Gasteiger partial charge in [0.15, 0.2) is 5.82 Å². The second kappa shape index (κ2) is 8.43. The zero-order valence-corrected chi connectivity index (χ0v) is 16.1. The van der Waals surface area contributed by atoms with Crippen molar-refractivity contribution in [3.8, 4) is 0 Å². The lowest BCUT2D eigenvalue weighted by atomic mass is 10.0. The summed E-state index contributed by atoms with van der Waals surface area (Å²) in [5.41, 5.74) is 1.10. The van der Waals surface area contributed by atoms with Gasteiger partial charge >= 0.3 is 0 Å². The second-order valence-electron chi connectivity index (χ2n) is 6.90. The average Bonchev–Trinajstić information content (AvgIpc) is 3.36. The maximum atomic E-state index is 5.55. The minimum absolute atomic E-state index is 0.382. The van der Waals surface area contributed by atoms with E-state index in [9.17, 15) is 0 Å². The standard InChI is InChI=1S/C19H26N4O2S/c1-24-14-18-20-17(15-4-9-25-13-15)11-19(21-18)23-7-5-22(6-8-23)12-16-3-2-10-26-16/h2-3,10-11,15H,4-9,12-14H2,1H3. The lowest BCUT2D eigenvalue weighted by Crippen LogP contribution is -2.46. The van der Waals surface area contributed by atoms with Gasteiger partial charge in [0, 0.05) is 63.3 Å². The van der Waals surface area contributed by atoms with E-state index in [1.165, 1.54) is 4.88 Å². The maximum absolute atomic E-state index is 5.55. The van der Waals surface area contributed by atoms with E-state index < -0.39 is 0 Å². The van der Waals surface area contributed by atoms with E-state index in [2.05, 4.69) is 33.4 Å². The van der Waals surface area contributed by atoms with Gasteiger partial charge < -0.3 is 14.4 Å². The highest BCUT2D eigenvalue weighted by molar-refractivity contribution is 7.09. The lowest BCUT2D eigenvalue weighted by Gasteiger charge is -2.35. The number of thiophene rings is 1. The van der Waals surface area contributed by atoms with E-state index in [0.717, 1.165) is 69.7 Å². The van der Waals surface area contributed by atoms with Crippen molar-refractivity contribution in [3.05, 3.63) is 40.0 Å². The molecule has 2 fully saturated rings. The molecule has 0 aromatic carbocycles. The van der Waals surface area contributed by atoms with Crippen LogP contribution in [0.25, 0.3) is 0 Å². The molecule has 2 aromatic rings. The molecule has 0 aliphatic carbocycles. The molecular weight excluding hydrogens is 348 g/mol. The molecule has 2 saturated heterocycles. The number of methoxy groups -OCH3 is 1. The molecule has 4 heterocycles. The number of anilines is 1. The Labute approximate surface area is 158 Å². The lowest BCUT2D eigenvalue weighted by molar-refractivity contribution is 0.177. The number of hydrogen-bond donors (Lipinski definition) is 0. The molecule has 140 valence electrons. The predicted octanol–water partition coefficient (Wildman–Crippen LogP) is 2.51. The Morgan fingerprint density at radius 3 is 2.85 bits per heavy atom. The minimum Gasteiger partial charge on any atom is -0.381 e. The van der Waals surface area contributed by atoms with Crippen LogP contribution in [-0.2, 0) is 22.6 Å². The Kier molecular flexibility index (Phi) is 5.79. The molecule has 2 aliphatic rings. The Hall–Kier alpha value is -1.54. The molecule has 0 saturated carbocycles. The van der Waals surface area contributed by atoms with Gasteiger partial charge in [0.25, 0.3) is 0 Å². The molecule has 4 rings (SSSR count). The van der Waals surface area contributed by atoms with E-state index in [0.29, 0.717) is 12.5 Å². The van der Waals surface area contributed by atoms with Crippen molar-refractivity contribution < 1.29 is 9.47 Å².